The second-order valence-electron chi connectivity index (χ2n) is 5.30. The number of amides is 2. The maximum atomic E-state index is 12.4. The van der Waals surface area contributed by atoms with Gasteiger partial charge in [0.05, 0.1) is 16.8 Å². The number of para-hydroxylation sites is 1. The fourth-order valence-electron chi connectivity index (χ4n) is 1.98. The number of nitrogens with zero attached hydrogens (tertiary/aromatic N) is 3. The van der Waals surface area contributed by atoms with Gasteiger partial charge in [0, 0.05) is 14.1 Å². The first kappa shape index (κ1) is 17.2. The Bertz CT molecular complexity index is 761. The lowest BCUT2D eigenvalue weighted by molar-refractivity contribution is 0.146. The van der Waals surface area contributed by atoms with Gasteiger partial charge in [0.25, 0.3) is 0 Å². The molecule has 0 spiro atoms. The van der Waals surface area contributed by atoms with Crippen LogP contribution >= 0.6 is 11.3 Å². The monoisotopic (exact) mass is 335 g/mol. The molecule has 0 aliphatic heterocycles. The Morgan fingerprint density at radius 2 is 2.00 bits per heavy atom. The molecular weight excluding hydrogens is 314 g/mol. The predicted molar refractivity (Wildman–Crippen MR) is 90.7 cm³/mol. The summed E-state index contributed by atoms with van der Waals surface area (Å²) < 4.78 is 7.57. The first-order valence-electron chi connectivity index (χ1n) is 7.58. The number of rotatable bonds is 4. The number of carbonyl (C=O) groups is 2. The zero-order valence-electron chi connectivity index (χ0n) is 13.6. The van der Waals surface area contributed by atoms with Crippen molar-refractivity contribution in [1.82, 2.24) is 9.47 Å². The van der Waals surface area contributed by atoms with Crippen molar-refractivity contribution in [1.29, 1.82) is 0 Å². The number of hydrogen-bond donors (Lipinski definition) is 0. The summed E-state index contributed by atoms with van der Waals surface area (Å²) >= 11 is 1.29. The quantitative estimate of drug-likeness (QED) is 0.804. The molecule has 2 aromatic rings. The van der Waals surface area contributed by atoms with Gasteiger partial charge >= 0.3 is 12.1 Å². The molecule has 0 saturated carbocycles. The third-order valence-corrected chi connectivity index (χ3v) is 4.25. The van der Waals surface area contributed by atoms with Crippen LogP contribution in [0.1, 0.15) is 26.2 Å². The Hall–Kier alpha value is -2.15. The van der Waals surface area contributed by atoms with Gasteiger partial charge in [0.15, 0.2) is 0 Å². The summed E-state index contributed by atoms with van der Waals surface area (Å²) in [5.74, 6) is 0. The fraction of sp³-hybridized carbons (Fsp3) is 0.438. The maximum absolute atomic E-state index is 12.4. The van der Waals surface area contributed by atoms with E-state index in [9.17, 15) is 9.59 Å². The SMILES string of the molecule is CCCCCOC(=O)n1c(=NC(=O)N(C)C)sc2ccccc21. The highest BCUT2D eigenvalue weighted by molar-refractivity contribution is 7.16. The van der Waals surface area contributed by atoms with E-state index in [-0.39, 0.29) is 0 Å². The Labute approximate surface area is 139 Å². The summed E-state index contributed by atoms with van der Waals surface area (Å²) in [6, 6.07) is 7.02. The molecule has 124 valence electrons. The van der Waals surface area contributed by atoms with Crippen molar-refractivity contribution in [2.24, 2.45) is 4.99 Å². The van der Waals surface area contributed by atoms with E-state index in [0.717, 1.165) is 24.0 Å². The van der Waals surface area contributed by atoms with Crippen molar-refractivity contribution in [3.05, 3.63) is 29.1 Å². The van der Waals surface area contributed by atoms with Crippen molar-refractivity contribution in [3.8, 4) is 0 Å². The molecule has 0 unspecified atom stereocenters. The minimum absolute atomic E-state index is 0.324. The van der Waals surface area contributed by atoms with Crippen LogP contribution in [0.25, 0.3) is 10.2 Å². The number of aromatic nitrogens is 1. The van der Waals surface area contributed by atoms with E-state index >= 15 is 0 Å². The Morgan fingerprint density at radius 3 is 2.70 bits per heavy atom. The van der Waals surface area contributed by atoms with Crippen molar-refractivity contribution >= 4 is 33.7 Å². The van der Waals surface area contributed by atoms with Crippen LogP contribution in [-0.2, 0) is 4.74 Å². The number of thiazole rings is 1. The molecule has 2 rings (SSSR count). The largest absolute Gasteiger partial charge is 0.449 e. The molecule has 7 heteroatoms. The average molecular weight is 335 g/mol. The first-order chi connectivity index (χ1) is 11.0. The first-order valence-corrected chi connectivity index (χ1v) is 8.40. The third-order valence-electron chi connectivity index (χ3n) is 3.23. The van der Waals surface area contributed by atoms with Gasteiger partial charge in [-0.15, -0.1) is 0 Å². The number of hydrogen-bond acceptors (Lipinski definition) is 4. The molecule has 0 radical (unpaired) electrons. The van der Waals surface area contributed by atoms with Crippen LogP contribution in [0.15, 0.2) is 29.3 Å². The molecule has 1 heterocycles. The maximum Gasteiger partial charge on any atom is 0.420 e. The van der Waals surface area contributed by atoms with E-state index in [1.165, 1.54) is 20.8 Å². The van der Waals surface area contributed by atoms with Gasteiger partial charge in [-0.25, -0.2) is 14.2 Å². The molecule has 0 bridgehead atoms. The van der Waals surface area contributed by atoms with Crippen LogP contribution < -0.4 is 4.80 Å². The van der Waals surface area contributed by atoms with E-state index < -0.39 is 12.1 Å². The lowest BCUT2D eigenvalue weighted by Gasteiger charge is -2.07. The Kier molecular flexibility index (Phi) is 5.92. The van der Waals surface area contributed by atoms with E-state index in [1.807, 2.05) is 24.3 Å². The topological polar surface area (TPSA) is 63.9 Å². The van der Waals surface area contributed by atoms with Gasteiger partial charge in [-0.05, 0) is 18.6 Å². The number of urea groups is 1. The molecule has 0 saturated heterocycles. The second kappa shape index (κ2) is 7.92. The number of ether oxygens (including phenoxy) is 1. The minimum atomic E-state index is -0.496. The second-order valence-corrected chi connectivity index (χ2v) is 6.31. The number of unbranched alkanes of at least 4 members (excludes halogenated alkanes) is 2. The molecular formula is C16H21N3O3S. The predicted octanol–water partition coefficient (Wildman–Crippen LogP) is 3.46. The smallest absolute Gasteiger partial charge is 0.420 e. The van der Waals surface area contributed by atoms with Crippen molar-refractivity contribution in [2.75, 3.05) is 20.7 Å². The van der Waals surface area contributed by atoms with Crippen LogP contribution in [0.5, 0.6) is 0 Å². The summed E-state index contributed by atoms with van der Waals surface area (Å²) in [4.78, 5) is 30.0. The van der Waals surface area contributed by atoms with Crippen LogP contribution in [-0.4, -0.2) is 42.3 Å². The Morgan fingerprint density at radius 1 is 1.26 bits per heavy atom. The number of fused-ring (bicyclic) bond motifs is 1. The molecule has 2 amide bonds. The number of benzene rings is 1. The molecule has 0 aliphatic rings. The Balaban J connectivity index is 2.39. The van der Waals surface area contributed by atoms with Crippen LogP contribution in [0, 0.1) is 0 Å². The van der Waals surface area contributed by atoms with Crippen LogP contribution in [0.3, 0.4) is 0 Å². The van der Waals surface area contributed by atoms with E-state index in [1.54, 1.807) is 14.1 Å². The van der Waals surface area contributed by atoms with E-state index in [2.05, 4.69) is 11.9 Å². The molecule has 0 fully saturated rings. The third kappa shape index (κ3) is 4.19. The number of carbonyl (C=O) groups excluding carboxylic acids is 2. The van der Waals surface area contributed by atoms with Gasteiger partial charge < -0.3 is 9.64 Å². The highest BCUT2D eigenvalue weighted by atomic mass is 32.1. The van der Waals surface area contributed by atoms with Gasteiger partial charge in [0.1, 0.15) is 0 Å². The fourth-order valence-corrected chi connectivity index (χ4v) is 2.98. The van der Waals surface area contributed by atoms with Gasteiger partial charge in [0.2, 0.25) is 4.80 Å². The molecule has 1 aromatic heterocycles. The van der Waals surface area contributed by atoms with Gasteiger partial charge in [-0.1, -0.05) is 43.2 Å². The van der Waals surface area contributed by atoms with Crippen LogP contribution in [0.4, 0.5) is 9.59 Å². The molecule has 23 heavy (non-hydrogen) atoms. The van der Waals surface area contributed by atoms with Crippen molar-refractivity contribution in [2.45, 2.75) is 26.2 Å². The van der Waals surface area contributed by atoms with Crippen LogP contribution in [0.2, 0.25) is 0 Å². The van der Waals surface area contributed by atoms with E-state index in [0.29, 0.717) is 16.9 Å². The summed E-state index contributed by atoms with van der Waals surface area (Å²) in [5, 5.41) is 0. The van der Waals surface area contributed by atoms with E-state index in [4.69, 9.17) is 4.74 Å². The highest BCUT2D eigenvalue weighted by Gasteiger charge is 2.15. The zero-order chi connectivity index (χ0) is 16.8. The normalized spacial score (nSPS) is 11.7. The molecule has 0 atom stereocenters. The molecule has 1 aromatic carbocycles. The molecule has 0 aliphatic carbocycles. The summed E-state index contributed by atoms with van der Waals surface area (Å²) in [5.41, 5.74) is 0.697. The zero-order valence-corrected chi connectivity index (χ0v) is 14.4. The summed E-state index contributed by atoms with van der Waals surface area (Å²) in [6.07, 6.45) is 2.40. The van der Waals surface area contributed by atoms with Gasteiger partial charge in [-0.2, -0.15) is 4.99 Å². The molecule has 0 N–H and O–H groups in total. The average Bonchev–Trinajstić information content (AvgIpc) is 2.89. The lowest BCUT2D eigenvalue weighted by Crippen LogP contribution is -2.28. The minimum Gasteiger partial charge on any atom is -0.449 e. The summed E-state index contributed by atoms with van der Waals surface area (Å²) in [7, 11) is 3.24. The standard InChI is InChI=1S/C16H21N3O3S/c1-4-5-8-11-22-16(21)19-12-9-6-7-10-13(12)23-15(19)17-14(20)18(2)3/h6-7,9-10H,4-5,8,11H2,1-3H3. The highest BCUT2D eigenvalue weighted by Crippen LogP contribution is 2.17. The van der Waals surface area contributed by atoms with Gasteiger partial charge in [-0.3, -0.25) is 0 Å². The van der Waals surface area contributed by atoms with Crippen molar-refractivity contribution < 1.29 is 14.3 Å². The lowest BCUT2D eigenvalue weighted by atomic mass is 10.3. The summed E-state index contributed by atoms with van der Waals surface area (Å²) in [6.45, 7) is 2.46. The van der Waals surface area contributed by atoms with Crippen molar-refractivity contribution in [3.63, 3.8) is 0 Å². The molecule has 6 nitrogen and oxygen atoms in total.